The third-order valence-electron chi connectivity index (χ3n) is 3.65. The number of nitrogens with zero attached hydrogens (tertiary/aromatic N) is 1. The lowest BCUT2D eigenvalue weighted by Gasteiger charge is -2.10. The van der Waals surface area contributed by atoms with Crippen molar-refractivity contribution in [2.24, 2.45) is 0 Å². The number of hydrogen-bond acceptors (Lipinski definition) is 4. The van der Waals surface area contributed by atoms with Gasteiger partial charge in [0.25, 0.3) is 11.5 Å². The quantitative estimate of drug-likeness (QED) is 0.728. The molecule has 0 unspecified atom stereocenters. The van der Waals surface area contributed by atoms with Crippen molar-refractivity contribution < 1.29 is 22.4 Å². The third-order valence-corrected chi connectivity index (χ3v) is 3.65. The van der Waals surface area contributed by atoms with Crippen molar-refractivity contribution in [3.05, 3.63) is 86.6 Å². The highest BCUT2D eigenvalue weighted by Crippen LogP contribution is 2.30. The Labute approximate surface area is 149 Å². The van der Waals surface area contributed by atoms with Crippen molar-refractivity contribution in [3.63, 3.8) is 0 Å². The predicted octanol–water partition coefficient (Wildman–Crippen LogP) is 2.45. The van der Waals surface area contributed by atoms with Crippen LogP contribution in [0.4, 0.5) is 18.9 Å². The second-order valence-electron chi connectivity index (χ2n) is 5.51. The zero-order valence-electron chi connectivity index (χ0n) is 13.5. The van der Waals surface area contributed by atoms with Crippen molar-refractivity contribution in [1.82, 2.24) is 9.55 Å². The van der Waals surface area contributed by atoms with Crippen LogP contribution in [0.15, 0.2) is 62.9 Å². The van der Waals surface area contributed by atoms with Gasteiger partial charge >= 0.3 is 11.9 Å². The number of aromatic amines is 1. The minimum absolute atomic E-state index is 0.141. The number of rotatable bonds is 4. The molecule has 0 saturated carbocycles. The van der Waals surface area contributed by atoms with Crippen LogP contribution in [0.5, 0.6) is 0 Å². The maximum absolute atomic E-state index is 12.8. The summed E-state index contributed by atoms with van der Waals surface area (Å²) in [6.45, 7) is -0.203. The molecule has 10 heteroatoms. The summed E-state index contributed by atoms with van der Waals surface area (Å²) in [5.74, 6) is -0.637. The van der Waals surface area contributed by atoms with Crippen LogP contribution in [0.3, 0.4) is 0 Å². The van der Waals surface area contributed by atoms with E-state index in [1.54, 1.807) is 12.1 Å². The summed E-state index contributed by atoms with van der Waals surface area (Å²) in [5.41, 5.74) is -3.18. The molecule has 0 bridgehead atoms. The highest BCUT2D eigenvalue weighted by molar-refractivity contribution is 6.03. The van der Waals surface area contributed by atoms with Gasteiger partial charge in [0.05, 0.1) is 18.4 Å². The van der Waals surface area contributed by atoms with E-state index in [1.807, 2.05) is 0 Å². The lowest BCUT2D eigenvalue weighted by Crippen LogP contribution is -2.39. The van der Waals surface area contributed by atoms with E-state index in [0.29, 0.717) is 5.76 Å². The van der Waals surface area contributed by atoms with Gasteiger partial charge in [0, 0.05) is 11.9 Å². The molecule has 0 spiro atoms. The van der Waals surface area contributed by atoms with Gasteiger partial charge in [-0.05, 0) is 30.3 Å². The topological polar surface area (TPSA) is 97.1 Å². The molecule has 7 nitrogen and oxygen atoms in total. The first-order chi connectivity index (χ1) is 12.8. The number of halogens is 3. The maximum atomic E-state index is 12.8. The van der Waals surface area contributed by atoms with Crippen LogP contribution in [-0.4, -0.2) is 15.5 Å². The van der Waals surface area contributed by atoms with Gasteiger partial charge in [-0.15, -0.1) is 0 Å². The lowest BCUT2D eigenvalue weighted by atomic mass is 10.2. The minimum Gasteiger partial charge on any atom is -0.467 e. The first-order valence-corrected chi connectivity index (χ1v) is 7.59. The number of hydrogen-bond donors (Lipinski definition) is 2. The second kappa shape index (κ2) is 6.98. The van der Waals surface area contributed by atoms with E-state index in [1.165, 1.54) is 12.3 Å². The molecule has 0 aliphatic rings. The highest BCUT2D eigenvalue weighted by Gasteiger charge is 2.30. The summed E-state index contributed by atoms with van der Waals surface area (Å²) in [7, 11) is 0. The molecule has 0 aliphatic heterocycles. The van der Waals surface area contributed by atoms with Crippen molar-refractivity contribution in [1.29, 1.82) is 0 Å². The fraction of sp³-hybridized carbons (Fsp3) is 0.118. The van der Waals surface area contributed by atoms with Crippen LogP contribution in [0.1, 0.15) is 21.7 Å². The fourth-order valence-electron chi connectivity index (χ4n) is 2.35. The summed E-state index contributed by atoms with van der Waals surface area (Å²) >= 11 is 0. The van der Waals surface area contributed by atoms with Crippen molar-refractivity contribution in [2.45, 2.75) is 12.7 Å². The Bertz CT molecular complexity index is 1080. The number of amides is 1. The molecule has 1 amide bonds. The number of aromatic nitrogens is 2. The number of anilines is 1. The standard InChI is InChI=1S/C17H12F3N3O4/c18-17(19,20)10-3-1-4-11(7-10)22-14(24)13-8-21-16(26)23(15(13)25)9-12-5-2-6-27-12/h1-8H,9H2,(H,21,26)(H,22,24). The largest absolute Gasteiger partial charge is 0.467 e. The van der Waals surface area contributed by atoms with Crippen molar-refractivity contribution >= 4 is 11.6 Å². The molecule has 140 valence electrons. The molecule has 0 fully saturated rings. The summed E-state index contributed by atoms with van der Waals surface area (Å²) in [6.07, 6.45) is -2.31. The molecule has 1 aromatic carbocycles. The first kappa shape index (κ1) is 18.2. The molecule has 0 saturated heterocycles. The summed E-state index contributed by atoms with van der Waals surface area (Å²) in [6, 6.07) is 7.08. The fourth-order valence-corrected chi connectivity index (χ4v) is 2.35. The SMILES string of the molecule is O=C(Nc1cccc(C(F)(F)F)c1)c1c[nH]c(=O)n(Cc2ccco2)c1=O. The Hall–Kier alpha value is -3.56. The van der Waals surface area contributed by atoms with Gasteiger partial charge in [-0.2, -0.15) is 13.2 Å². The Morgan fingerprint density at radius 1 is 1.19 bits per heavy atom. The summed E-state index contributed by atoms with van der Waals surface area (Å²) in [4.78, 5) is 38.9. The van der Waals surface area contributed by atoms with E-state index in [0.717, 1.165) is 29.0 Å². The number of carbonyl (C=O) groups excluding carboxylic acids is 1. The number of nitrogens with one attached hydrogen (secondary N) is 2. The van der Waals surface area contributed by atoms with Gasteiger partial charge in [-0.3, -0.25) is 14.2 Å². The number of alkyl halides is 3. The average molecular weight is 379 g/mol. The number of H-pyrrole nitrogens is 1. The number of benzene rings is 1. The smallest absolute Gasteiger partial charge is 0.416 e. The molecule has 27 heavy (non-hydrogen) atoms. The number of carbonyl (C=O) groups is 1. The van der Waals surface area contributed by atoms with Crippen LogP contribution in [0, 0.1) is 0 Å². The van der Waals surface area contributed by atoms with Crippen molar-refractivity contribution in [3.8, 4) is 0 Å². The van der Waals surface area contributed by atoms with Gasteiger partial charge in [0.2, 0.25) is 0 Å². The van der Waals surface area contributed by atoms with Crippen LogP contribution in [0.2, 0.25) is 0 Å². The number of furan rings is 1. The Morgan fingerprint density at radius 3 is 2.63 bits per heavy atom. The second-order valence-corrected chi connectivity index (χ2v) is 5.51. The minimum atomic E-state index is -4.57. The van der Waals surface area contributed by atoms with Gasteiger partial charge in [0.1, 0.15) is 11.3 Å². The van der Waals surface area contributed by atoms with Crippen LogP contribution >= 0.6 is 0 Å². The molecule has 2 N–H and O–H groups in total. The highest BCUT2D eigenvalue weighted by atomic mass is 19.4. The summed E-state index contributed by atoms with van der Waals surface area (Å²) in [5, 5.41) is 2.22. The van der Waals surface area contributed by atoms with Gasteiger partial charge < -0.3 is 14.7 Å². The van der Waals surface area contributed by atoms with Crippen LogP contribution in [-0.2, 0) is 12.7 Å². The van der Waals surface area contributed by atoms with Crippen LogP contribution < -0.4 is 16.6 Å². The van der Waals surface area contributed by atoms with E-state index in [2.05, 4.69) is 10.3 Å². The molecule has 2 heterocycles. The Kier molecular flexibility index (Phi) is 4.72. The summed E-state index contributed by atoms with van der Waals surface area (Å²) < 4.78 is 44.1. The Balaban J connectivity index is 1.90. The molecule has 0 atom stereocenters. The van der Waals surface area contributed by atoms with Crippen LogP contribution in [0.25, 0.3) is 0 Å². The predicted molar refractivity (Wildman–Crippen MR) is 88.5 cm³/mol. The molecular weight excluding hydrogens is 367 g/mol. The molecule has 0 aliphatic carbocycles. The van der Waals surface area contributed by atoms with Gasteiger partial charge in [-0.1, -0.05) is 6.07 Å². The van der Waals surface area contributed by atoms with E-state index < -0.39 is 34.5 Å². The van der Waals surface area contributed by atoms with Gasteiger partial charge in [-0.25, -0.2) is 4.79 Å². The first-order valence-electron chi connectivity index (χ1n) is 7.59. The van der Waals surface area contributed by atoms with Gasteiger partial charge in [0.15, 0.2) is 0 Å². The average Bonchev–Trinajstić information content (AvgIpc) is 3.11. The lowest BCUT2D eigenvalue weighted by molar-refractivity contribution is -0.137. The monoisotopic (exact) mass is 379 g/mol. The van der Waals surface area contributed by atoms with E-state index in [-0.39, 0.29) is 12.2 Å². The molecule has 3 rings (SSSR count). The zero-order chi connectivity index (χ0) is 19.6. The Morgan fingerprint density at radius 2 is 1.96 bits per heavy atom. The molecule has 2 aromatic heterocycles. The molecule has 3 aromatic rings. The van der Waals surface area contributed by atoms with E-state index >= 15 is 0 Å². The maximum Gasteiger partial charge on any atom is 0.416 e. The third kappa shape index (κ3) is 4.00. The normalized spacial score (nSPS) is 11.4. The van der Waals surface area contributed by atoms with E-state index in [9.17, 15) is 27.6 Å². The molecular formula is C17H12F3N3O4. The molecule has 0 radical (unpaired) electrons. The zero-order valence-corrected chi connectivity index (χ0v) is 13.5. The van der Waals surface area contributed by atoms with E-state index in [4.69, 9.17) is 4.42 Å². The van der Waals surface area contributed by atoms with Crippen molar-refractivity contribution in [2.75, 3.05) is 5.32 Å².